The molecule has 1 aliphatic rings. The molecule has 4 heteroatoms. The number of alkyl halides is 3. The second-order valence-electron chi connectivity index (χ2n) is 1.84. The van der Waals surface area contributed by atoms with Crippen LogP contribution in [0.15, 0.2) is 24.2 Å². The van der Waals surface area contributed by atoms with Gasteiger partial charge in [0.15, 0.2) is 0 Å². The van der Waals surface area contributed by atoms with Crippen molar-refractivity contribution in [1.29, 1.82) is 0 Å². The molecule has 0 atom stereocenters. The van der Waals surface area contributed by atoms with Crippen LogP contribution in [-0.2, 0) is 4.74 Å². The van der Waals surface area contributed by atoms with Crippen LogP contribution in [0, 0.1) is 0 Å². The monoisotopic (exact) mass is 150 g/mol. The molecule has 1 rings (SSSR count). The second-order valence-corrected chi connectivity index (χ2v) is 1.84. The van der Waals surface area contributed by atoms with Crippen molar-refractivity contribution in [1.82, 2.24) is 0 Å². The van der Waals surface area contributed by atoms with Crippen LogP contribution in [0.3, 0.4) is 0 Å². The van der Waals surface area contributed by atoms with Gasteiger partial charge in [0.05, 0.1) is 6.26 Å². The summed E-state index contributed by atoms with van der Waals surface area (Å²) in [5.41, 5.74) is 0. The third-order valence-corrected chi connectivity index (χ3v) is 0.995. The summed E-state index contributed by atoms with van der Waals surface area (Å²) < 4.78 is 40.5. The summed E-state index contributed by atoms with van der Waals surface area (Å²) in [6.45, 7) is -1.00. The summed E-state index contributed by atoms with van der Waals surface area (Å²) in [4.78, 5) is 0. The maximum Gasteiger partial charge on any atom is 0.291 e. The van der Waals surface area contributed by atoms with Crippen molar-refractivity contribution in [2.45, 2.75) is 5.92 Å². The Bertz CT molecular complexity index is 183. The van der Waals surface area contributed by atoms with Crippen LogP contribution in [0.4, 0.5) is 13.2 Å². The zero-order valence-corrected chi connectivity index (χ0v) is 4.98. The Morgan fingerprint density at radius 1 is 1.50 bits per heavy atom. The van der Waals surface area contributed by atoms with Gasteiger partial charge in [-0.1, -0.05) is 0 Å². The number of hydrogen-bond acceptors (Lipinski definition) is 1. The molecule has 0 radical (unpaired) electrons. The molecule has 10 heavy (non-hydrogen) atoms. The van der Waals surface area contributed by atoms with Crippen LogP contribution in [0.1, 0.15) is 0 Å². The average Bonchev–Trinajstić information content (AvgIpc) is 1.86. The highest BCUT2D eigenvalue weighted by Crippen LogP contribution is 2.23. The lowest BCUT2D eigenvalue weighted by Crippen LogP contribution is -2.13. The van der Waals surface area contributed by atoms with Gasteiger partial charge in [0.25, 0.3) is 5.92 Å². The minimum atomic E-state index is -3.06. The van der Waals surface area contributed by atoms with Crippen molar-refractivity contribution in [3.05, 3.63) is 24.2 Å². The smallest absolute Gasteiger partial charge is 0.291 e. The SMILES string of the molecule is FCC1=CC(F)(F)C=CO1. The Hall–Kier alpha value is -0.930. The number of allylic oxidation sites excluding steroid dienone is 3. The van der Waals surface area contributed by atoms with Gasteiger partial charge in [0.1, 0.15) is 12.4 Å². The van der Waals surface area contributed by atoms with E-state index < -0.39 is 12.6 Å². The maximum atomic E-state index is 12.2. The lowest BCUT2D eigenvalue weighted by molar-refractivity contribution is 0.0919. The molecule has 0 aromatic carbocycles. The highest BCUT2D eigenvalue weighted by Gasteiger charge is 2.26. The van der Waals surface area contributed by atoms with E-state index in [2.05, 4.69) is 4.74 Å². The molecule has 0 fully saturated rings. The van der Waals surface area contributed by atoms with Crippen molar-refractivity contribution in [2.75, 3.05) is 6.67 Å². The molecule has 0 saturated heterocycles. The Morgan fingerprint density at radius 2 is 2.20 bits per heavy atom. The molecule has 56 valence electrons. The fraction of sp³-hybridized carbons (Fsp3) is 0.333. The van der Waals surface area contributed by atoms with E-state index in [0.717, 1.165) is 6.26 Å². The van der Waals surface area contributed by atoms with Gasteiger partial charge >= 0.3 is 0 Å². The highest BCUT2D eigenvalue weighted by molar-refractivity contribution is 5.15. The average molecular weight is 150 g/mol. The predicted molar refractivity (Wildman–Crippen MR) is 29.2 cm³/mol. The van der Waals surface area contributed by atoms with E-state index in [-0.39, 0.29) is 5.76 Å². The lowest BCUT2D eigenvalue weighted by atomic mass is 10.2. The summed E-state index contributed by atoms with van der Waals surface area (Å²) in [6.07, 6.45) is 1.80. The van der Waals surface area contributed by atoms with Gasteiger partial charge in [-0.3, -0.25) is 0 Å². The molecule has 0 aliphatic carbocycles. The molecule has 0 unspecified atom stereocenters. The summed E-state index contributed by atoms with van der Waals surface area (Å²) in [7, 11) is 0. The van der Waals surface area contributed by atoms with Gasteiger partial charge in [0.2, 0.25) is 0 Å². The molecule has 0 saturated carbocycles. The van der Waals surface area contributed by atoms with E-state index in [1.807, 2.05) is 0 Å². The number of ether oxygens (including phenoxy) is 1. The van der Waals surface area contributed by atoms with Crippen LogP contribution in [0.25, 0.3) is 0 Å². The Kier molecular flexibility index (Phi) is 1.70. The van der Waals surface area contributed by atoms with Gasteiger partial charge in [0, 0.05) is 12.2 Å². The normalized spacial score (nSPS) is 21.7. The predicted octanol–water partition coefficient (Wildman–Crippen LogP) is 2.02. The van der Waals surface area contributed by atoms with Gasteiger partial charge in [-0.25, -0.2) is 4.39 Å². The Morgan fingerprint density at radius 3 is 2.60 bits per heavy atom. The molecule has 0 N–H and O–H groups in total. The van der Waals surface area contributed by atoms with E-state index in [0.29, 0.717) is 12.2 Å². The van der Waals surface area contributed by atoms with Crippen molar-refractivity contribution < 1.29 is 17.9 Å². The van der Waals surface area contributed by atoms with E-state index in [9.17, 15) is 13.2 Å². The molecule has 1 aliphatic heterocycles. The zero-order valence-electron chi connectivity index (χ0n) is 4.98. The van der Waals surface area contributed by atoms with E-state index in [4.69, 9.17) is 0 Å². The third kappa shape index (κ3) is 1.52. The van der Waals surface area contributed by atoms with Gasteiger partial charge in [-0.05, 0) is 0 Å². The van der Waals surface area contributed by atoms with Crippen LogP contribution in [0.5, 0.6) is 0 Å². The van der Waals surface area contributed by atoms with Crippen molar-refractivity contribution >= 4 is 0 Å². The number of halogens is 3. The highest BCUT2D eigenvalue weighted by atomic mass is 19.3. The van der Waals surface area contributed by atoms with Gasteiger partial charge < -0.3 is 4.74 Å². The van der Waals surface area contributed by atoms with Crippen molar-refractivity contribution in [3.63, 3.8) is 0 Å². The fourth-order valence-corrected chi connectivity index (χ4v) is 0.579. The minimum absolute atomic E-state index is 0.340. The topological polar surface area (TPSA) is 9.23 Å². The first-order valence-corrected chi connectivity index (χ1v) is 2.64. The standard InChI is InChI=1S/C6H5F3O/c7-4-5-3-6(8,9)1-2-10-5/h1-3H,4H2. The van der Waals surface area contributed by atoms with Crippen molar-refractivity contribution in [3.8, 4) is 0 Å². The third-order valence-electron chi connectivity index (χ3n) is 0.995. The molecule has 1 nitrogen and oxygen atoms in total. The summed E-state index contributed by atoms with van der Waals surface area (Å²) in [6, 6.07) is 0. The first-order valence-electron chi connectivity index (χ1n) is 2.64. The number of hydrogen-bond donors (Lipinski definition) is 0. The quantitative estimate of drug-likeness (QED) is 0.555. The molecule has 0 aromatic rings. The molecular formula is C6H5F3O. The van der Waals surface area contributed by atoms with Gasteiger partial charge in [-0.2, -0.15) is 8.78 Å². The van der Waals surface area contributed by atoms with Crippen LogP contribution in [-0.4, -0.2) is 12.6 Å². The van der Waals surface area contributed by atoms with Crippen LogP contribution in [0.2, 0.25) is 0 Å². The fourth-order valence-electron chi connectivity index (χ4n) is 0.579. The van der Waals surface area contributed by atoms with E-state index in [1.165, 1.54) is 0 Å². The number of rotatable bonds is 1. The molecule has 0 bridgehead atoms. The molecule has 1 heterocycles. The zero-order chi connectivity index (χ0) is 7.61. The lowest BCUT2D eigenvalue weighted by Gasteiger charge is -2.13. The Labute approximate surface area is 55.8 Å². The molecule has 0 spiro atoms. The second kappa shape index (κ2) is 2.36. The first kappa shape index (κ1) is 7.18. The largest absolute Gasteiger partial charge is 0.467 e. The molecule has 0 aromatic heterocycles. The maximum absolute atomic E-state index is 12.2. The van der Waals surface area contributed by atoms with E-state index in [1.54, 1.807) is 0 Å². The molecular weight excluding hydrogens is 145 g/mol. The summed E-state index contributed by atoms with van der Waals surface area (Å²) in [5, 5.41) is 0. The summed E-state index contributed by atoms with van der Waals surface area (Å²) in [5.74, 6) is -3.40. The van der Waals surface area contributed by atoms with E-state index >= 15 is 0 Å². The minimum Gasteiger partial charge on any atom is -0.467 e. The van der Waals surface area contributed by atoms with Crippen molar-refractivity contribution in [2.24, 2.45) is 0 Å². The van der Waals surface area contributed by atoms with Crippen LogP contribution < -0.4 is 0 Å². The molecule has 0 amide bonds. The summed E-state index contributed by atoms with van der Waals surface area (Å²) >= 11 is 0. The Balaban J connectivity index is 2.73. The van der Waals surface area contributed by atoms with Gasteiger partial charge in [-0.15, -0.1) is 0 Å². The van der Waals surface area contributed by atoms with Crippen LogP contribution >= 0.6 is 0 Å². The first-order chi connectivity index (χ1) is 4.64.